The molecule has 0 fully saturated rings. The average molecular weight is 390 g/mol. The number of urea groups is 1. The highest BCUT2D eigenvalue weighted by Gasteiger charge is 2.09. The molecule has 7 nitrogen and oxygen atoms in total. The normalized spacial score (nSPS) is 11.3. The lowest BCUT2D eigenvalue weighted by atomic mass is 10.1. The van der Waals surface area contributed by atoms with Crippen LogP contribution < -0.4 is 15.4 Å². The van der Waals surface area contributed by atoms with Crippen molar-refractivity contribution in [1.82, 2.24) is 10.3 Å². The predicted molar refractivity (Wildman–Crippen MR) is 105 cm³/mol. The van der Waals surface area contributed by atoms with Crippen LogP contribution in [-0.2, 0) is 16.4 Å². The molecule has 3 rings (SSSR count). The number of benzene rings is 2. The standard InChI is InChI=1S/C17H18N4O3S2/c1-26(23,24)21-17-20-14-11-13(7-8-15(14)25-17)19-16(22)18-10-9-12-5-3-2-4-6-12/h2-8,11H,9-10H2,1H3,(H,20,21)(H2,18,19,22). The summed E-state index contributed by atoms with van der Waals surface area (Å²) in [4.78, 5) is 16.2. The fourth-order valence-corrected chi connectivity index (χ4v) is 4.03. The SMILES string of the molecule is CS(=O)(=O)Nc1nc2cc(NC(=O)NCCc3ccccc3)ccc2s1. The van der Waals surface area contributed by atoms with Gasteiger partial charge in [-0.15, -0.1) is 0 Å². The number of carbonyl (C=O) groups excluding carboxylic acids is 1. The van der Waals surface area contributed by atoms with Crippen LogP contribution in [0.3, 0.4) is 0 Å². The van der Waals surface area contributed by atoms with Crippen LogP contribution in [0.5, 0.6) is 0 Å². The summed E-state index contributed by atoms with van der Waals surface area (Å²) < 4.78 is 25.7. The molecule has 0 spiro atoms. The fourth-order valence-electron chi connectivity index (χ4n) is 2.35. The molecular formula is C17H18N4O3S2. The van der Waals surface area contributed by atoms with Gasteiger partial charge in [0.1, 0.15) is 0 Å². The second-order valence-electron chi connectivity index (χ2n) is 5.69. The predicted octanol–water partition coefficient (Wildman–Crippen LogP) is 3.03. The molecule has 0 saturated carbocycles. The van der Waals surface area contributed by atoms with E-state index in [0.29, 0.717) is 22.9 Å². The van der Waals surface area contributed by atoms with Crippen molar-refractivity contribution in [3.05, 3.63) is 54.1 Å². The Morgan fingerprint density at radius 1 is 1.15 bits per heavy atom. The Hall–Kier alpha value is -2.65. The van der Waals surface area contributed by atoms with Crippen molar-refractivity contribution in [2.24, 2.45) is 0 Å². The Morgan fingerprint density at radius 2 is 1.92 bits per heavy atom. The minimum Gasteiger partial charge on any atom is -0.338 e. The monoisotopic (exact) mass is 390 g/mol. The van der Waals surface area contributed by atoms with Crippen molar-refractivity contribution < 1.29 is 13.2 Å². The van der Waals surface area contributed by atoms with Gasteiger partial charge in [0, 0.05) is 12.2 Å². The summed E-state index contributed by atoms with van der Waals surface area (Å²) >= 11 is 1.23. The molecule has 26 heavy (non-hydrogen) atoms. The van der Waals surface area contributed by atoms with Gasteiger partial charge in [0.2, 0.25) is 10.0 Å². The molecule has 0 unspecified atom stereocenters. The number of aromatic nitrogens is 1. The van der Waals surface area contributed by atoms with Crippen molar-refractivity contribution in [2.45, 2.75) is 6.42 Å². The number of nitrogens with one attached hydrogen (secondary N) is 3. The zero-order valence-corrected chi connectivity index (χ0v) is 15.7. The quantitative estimate of drug-likeness (QED) is 0.602. The largest absolute Gasteiger partial charge is 0.338 e. The third-order valence-electron chi connectivity index (χ3n) is 3.46. The molecule has 0 aliphatic rings. The number of hydrogen-bond acceptors (Lipinski definition) is 5. The zero-order chi connectivity index (χ0) is 18.6. The summed E-state index contributed by atoms with van der Waals surface area (Å²) in [7, 11) is -3.37. The van der Waals surface area contributed by atoms with Gasteiger partial charge >= 0.3 is 6.03 Å². The van der Waals surface area contributed by atoms with Crippen LogP contribution in [0.15, 0.2) is 48.5 Å². The summed E-state index contributed by atoms with van der Waals surface area (Å²) in [6, 6.07) is 14.9. The molecule has 9 heteroatoms. The first kappa shape index (κ1) is 18.2. The van der Waals surface area contributed by atoms with E-state index in [0.717, 1.165) is 22.9 Å². The lowest BCUT2D eigenvalue weighted by Gasteiger charge is -2.07. The number of amides is 2. The maximum Gasteiger partial charge on any atom is 0.319 e. The molecule has 1 aromatic heterocycles. The number of nitrogens with zero attached hydrogens (tertiary/aromatic N) is 1. The van der Waals surface area contributed by atoms with E-state index in [1.165, 1.54) is 11.3 Å². The fraction of sp³-hybridized carbons (Fsp3) is 0.176. The third kappa shape index (κ3) is 5.17. The third-order valence-corrected chi connectivity index (χ3v) is 5.11. The lowest BCUT2D eigenvalue weighted by Crippen LogP contribution is -2.30. The second kappa shape index (κ2) is 7.71. The van der Waals surface area contributed by atoms with Gasteiger partial charge in [-0.3, -0.25) is 4.72 Å². The first-order chi connectivity index (χ1) is 12.4. The number of hydrogen-bond donors (Lipinski definition) is 3. The minimum atomic E-state index is -3.37. The summed E-state index contributed by atoms with van der Waals surface area (Å²) in [6.07, 6.45) is 1.83. The Kier molecular flexibility index (Phi) is 5.38. The molecule has 2 aromatic carbocycles. The minimum absolute atomic E-state index is 0.298. The molecule has 3 N–H and O–H groups in total. The van der Waals surface area contributed by atoms with Gasteiger partial charge < -0.3 is 10.6 Å². The number of carbonyl (C=O) groups is 1. The number of thiazole rings is 1. The highest BCUT2D eigenvalue weighted by atomic mass is 32.2. The Labute approximate surface area is 155 Å². The average Bonchev–Trinajstić information content (AvgIpc) is 2.95. The Balaban J connectivity index is 1.58. The van der Waals surface area contributed by atoms with Gasteiger partial charge in [-0.2, -0.15) is 0 Å². The number of sulfonamides is 1. The summed E-state index contributed by atoms with van der Waals surface area (Å²) in [6.45, 7) is 0.525. The van der Waals surface area contributed by atoms with E-state index in [1.54, 1.807) is 18.2 Å². The lowest BCUT2D eigenvalue weighted by molar-refractivity contribution is 0.252. The van der Waals surface area contributed by atoms with Crippen molar-refractivity contribution in [1.29, 1.82) is 0 Å². The van der Waals surface area contributed by atoms with Crippen LogP contribution in [0.2, 0.25) is 0 Å². The first-order valence-corrected chi connectivity index (χ1v) is 10.6. The molecule has 0 radical (unpaired) electrons. The Bertz CT molecular complexity index is 1020. The first-order valence-electron chi connectivity index (χ1n) is 7.86. The smallest absolute Gasteiger partial charge is 0.319 e. The van der Waals surface area contributed by atoms with Crippen LogP contribution in [-0.4, -0.2) is 32.2 Å². The van der Waals surface area contributed by atoms with Crippen molar-refractivity contribution in [3.8, 4) is 0 Å². The molecule has 0 aliphatic heterocycles. The van der Waals surface area contributed by atoms with Crippen LogP contribution in [0.25, 0.3) is 10.2 Å². The van der Waals surface area contributed by atoms with E-state index in [2.05, 4.69) is 20.3 Å². The molecule has 0 saturated heterocycles. The molecule has 1 heterocycles. The zero-order valence-electron chi connectivity index (χ0n) is 14.0. The molecule has 0 atom stereocenters. The van der Waals surface area contributed by atoms with Crippen molar-refractivity contribution in [3.63, 3.8) is 0 Å². The van der Waals surface area contributed by atoms with E-state index in [4.69, 9.17) is 0 Å². The van der Waals surface area contributed by atoms with Crippen LogP contribution >= 0.6 is 11.3 Å². The Morgan fingerprint density at radius 3 is 2.65 bits per heavy atom. The number of rotatable bonds is 6. The van der Waals surface area contributed by atoms with Gasteiger partial charge in [-0.05, 0) is 30.2 Å². The number of anilines is 2. The molecule has 0 aliphatic carbocycles. The highest BCUT2D eigenvalue weighted by Crippen LogP contribution is 2.28. The maximum absolute atomic E-state index is 12.0. The second-order valence-corrected chi connectivity index (χ2v) is 8.47. The van der Waals surface area contributed by atoms with Crippen molar-refractivity contribution >= 4 is 48.4 Å². The van der Waals surface area contributed by atoms with E-state index < -0.39 is 10.0 Å². The van der Waals surface area contributed by atoms with E-state index in [9.17, 15) is 13.2 Å². The van der Waals surface area contributed by atoms with Gasteiger partial charge in [0.15, 0.2) is 5.13 Å². The number of fused-ring (bicyclic) bond motifs is 1. The molecule has 2 amide bonds. The van der Waals surface area contributed by atoms with Crippen LogP contribution in [0.1, 0.15) is 5.56 Å². The molecule has 0 bridgehead atoms. The van der Waals surface area contributed by atoms with Gasteiger partial charge in [-0.1, -0.05) is 41.7 Å². The van der Waals surface area contributed by atoms with E-state index in [-0.39, 0.29) is 6.03 Å². The summed E-state index contributed by atoms with van der Waals surface area (Å²) in [5, 5.41) is 5.86. The molecule has 3 aromatic rings. The molecule has 136 valence electrons. The van der Waals surface area contributed by atoms with Crippen LogP contribution in [0, 0.1) is 0 Å². The molecular weight excluding hydrogens is 372 g/mol. The summed E-state index contributed by atoms with van der Waals surface area (Å²) in [5.74, 6) is 0. The maximum atomic E-state index is 12.0. The van der Waals surface area contributed by atoms with E-state index in [1.807, 2.05) is 30.3 Å². The van der Waals surface area contributed by atoms with Gasteiger partial charge in [0.25, 0.3) is 0 Å². The van der Waals surface area contributed by atoms with Gasteiger partial charge in [0.05, 0.1) is 16.5 Å². The van der Waals surface area contributed by atoms with Crippen molar-refractivity contribution in [2.75, 3.05) is 22.8 Å². The summed E-state index contributed by atoms with van der Waals surface area (Å²) in [5.41, 5.74) is 2.36. The van der Waals surface area contributed by atoms with Crippen LogP contribution in [0.4, 0.5) is 15.6 Å². The topological polar surface area (TPSA) is 100 Å². The van der Waals surface area contributed by atoms with Gasteiger partial charge in [-0.25, -0.2) is 18.2 Å². The van der Waals surface area contributed by atoms with E-state index >= 15 is 0 Å². The highest BCUT2D eigenvalue weighted by molar-refractivity contribution is 7.92.